The van der Waals surface area contributed by atoms with Crippen LogP contribution in [-0.4, -0.2) is 4.89 Å². The van der Waals surface area contributed by atoms with Crippen LogP contribution < -0.4 is 39.3 Å². The van der Waals surface area contributed by atoms with Crippen molar-refractivity contribution in [2.45, 2.75) is 0 Å². The molecule has 0 heterocycles. The number of rotatable bonds is 0. The molecule has 0 rings (SSSR count). The van der Waals surface area contributed by atoms with E-state index in [2.05, 4.69) is 0 Å². The second-order valence-electron chi connectivity index (χ2n) is 0.469. The average molecular weight is 320 g/mol. The van der Waals surface area contributed by atoms with Gasteiger partial charge in [-0.05, 0) is 0 Å². The molecule has 0 saturated carbocycles. The number of hydrogen-bond acceptors (Lipinski definition) is 3. The predicted octanol–water partition coefficient (Wildman–Crippen LogP) is -5.19. The molecule has 0 fully saturated rings. The van der Waals surface area contributed by atoms with Crippen LogP contribution >= 0.6 is 7.82 Å². The summed E-state index contributed by atoms with van der Waals surface area (Å²) in [7, 11) is -5.14. The molecule has 0 aromatic rings. The van der Waals surface area contributed by atoms with Gasteiger partial charge in [-0.2, -0.15) is 0 Å². The normalized spacial score (nSPS) is 8.43. The molecule has 0 aliphatic carbocycles. The fraction of sp³-hybridized carbons (Fsp3) is 0. The maximum Gasteiger partial charge on any atom is 1.00 e. The van der Waals surface area contributed by atoms with Crippen molar-refractivity contribution >= 4 is 7.82 Å². The van der Waals surface area contributed by atoms with Crippen LogP contribution in [0.2, 0.25) is 0 Å². The summed E-state index contributed by atoms with van der Waals surface area (Å²) in [6, 6.07) is 0. The van der Waals surface area contributed by atoms with Crippen molar-refractivity contribution in [3.63, 3.8) is 0 Å². The van der Waals surface area contributed by atoms with E-state index in [0.29, 0.717) is 0 Å². The molecule has 7 heavy (non-hydrogen) atoms. The van der Waals surface area contributed by atoms with Crippen LogP contribution in [0.4, 0.5) is 0 Å². The Morgan fingerprint density at radius 2 is 1.43 bits per heavy atom. The minimum atomic E-state index is -5.14. The van der Waals surface area contributed by atoms with Crippen LogP contribution in [0.5, 0.6) is 0 Å². The summed E-state index contributed by atoms with van der Waals surface area (Å²) >= 11 is 0. The molecule has 0 bridgehead atoms. The smallest absolute Gasteiger partial charge is 0.790 e. The van der Waals surface area contributed by atoms with Gasteiger partial charge in [0.15, 0.2) is 0 Å². The molecule has 0 saturated heterocycles. The van der Waals surface area contributed by atoms with E-state index in [1.807, 2.05) is 0 Å². The van der Waals surface area contributed by atoms with Gasteiger partial charge >= 0.3 is 57.2 Å². The Morgan fingerprint density at radius 3 is 1.43 bits per heavy atom. The Kier molecular flexibility index (Phi) is 14.1. The Hall–Kier alpha value is 2.05. The number of hydrogen-bond donors (Lipinski definition) is 1. The molecule has 0 aliphatic rings. The Labute approximate surface area is 83.4 Å². The van der Waals surface area contributed by atoms with E-state index in [4.69, 9.17) is 19.2 Å². The summed E-state index contributed by atoms with van der Waals surface area (Å²) in [5, 5.41) is 0. The summed E-state index contributed by atoms with van der Waals surface area (Å²) in [4.78, 5) is 24.3. The topological polar surface area (TPSA) is 83.4 Å². The maximum atomic E-state index is 8.66. The third-order valence-corrected chi connectivity index (χ3v) is 0. The van der Waals surface area contributed by atoms with E-state index in [9.17, 15) is 0 Å². The van der Waals surface area contributed by atoms with E-state index < -0.39 is 7.82 Å². The van der Waals surface area contributed by atoms with Crippen molar-refractivity contribution in [1.82, 2.24) is 0 Å². The minimum absolute atomic E-state index is 0. The van der Waals surface area contributed by atoms with Crippen LogP contribution in [0.25, 0.3) is 0 Å². The van der Waals surface area contributed by atoms with Crippen LogP contribution in [-0.2, 0) is 32.2 Å². The van der Waals surface area contributed by atoms with Gasteiger partial charge in [0.25, 0.3) is 0 Å². The van der Waals surface area contributed by atoms with Gasteiger partial charge in [0, 0.05) is 0 Å². The molecule has 0 unspecified atom stereocenters. The molecule has 1 radical (unpaired) electrons. The first-order valence-corrected chi connectivity index (χ1v) is 2.24. The Morgan fingerprint density at radius 1 is 1.43 bits per heavy atom. The third-order valence-electron chi connectivity index (χ3n) is 0. The Balaban J connectivity index is -0.0000000800. The van der Waals surface area contributed by atoms with Crippen LogP contribution in [0.1, 0.15) is 0 Å². The predicted molar refractivity (Wildman–Crippen MR) is 9.83 cm³/mol. The fourth-order valence-corrected chi connectivity index (χ4v) is 0. The van der Waals surface area contributed by atoms with E-state index >= 15 is 0 Å². The minimum Gasteiger partial charge on any atom is -0.790 e. The summed E-state index contributed by atoms with van der Waals surface area (Å²) in [6.07, 6.45) is 0. The van der Waals surface area contributed by atoms with E-state index in [1.165, 1.54) is 0 Å². The summed E-state index contributed by atoms with van der Waals surface area (Å²) in [6.45, 7) is 0. The van der Waals surface area contributed by atoms with Gasteiger partial charge in [0.2, 0.25) is 0 Å². The largest absolute Gasteiger partial charge is 1.00 e. The second kappa shape index (κ2) is 6.17. The van der Waals surface area contributed by atoms with Gasteiger partial charge < -0.3 is 19.2 Å². The first kappa shape index (κ1) is 16.0. The van der Waals surface area contributed by atoms with E-state index in [1.54, 1.807) is 0 Å². The average Bonchev–Trinajstić information content (AvgIpc) is 0.722. The van der Waals surface area contributed by atoms with Crippen LogP contribution in [0.3, 0.4) is 0 Å². The molecule has 0 amide bonds. The standard InChI is InChI=1S/Hg.Na.H3O4P/c;;1-5(2,3)4/h;;(H3,1,2,3,4)/q2*+1;/p-2. The third kappa shape index (κ3) is 70.3. The number of phosphoric acid groups is 1. The monoisotopic (exact) mass is 321 g/mol. The molecule has 0 aromatic heterocycles. The maximum absolute atomic E-state index is 8.66. The van der Waals surface area contributed by atoms with Crippen molar-refractivity contribution in [1.29, 1.82) is 0 Å². The molecule has 4 nitrogen and oxygen atoms in total. The van der Waals surface area contributed by atoms with Crippen molar-refractivity contribution in [2.24, 2.45) is 0 Å². The molecular formula is HHgNaO4P. The zero-order valence-electron chi connectivity index (χ0n) is 3.83. The quantitative estimate of drug-likeness (QED) is 0.357. The molecular weight excluding hydrogens is 319 g/mol. The zero-order chi connectivity index (χ0) is 4.50. The molecule has 0 atom stereocenters. The zero-order valence-corrected chi connectivity index (χ0v) is 12.2. The van der Waals surface area contributed by atoms with Crippen molar-refractivity contribution in [2.75, 3.05) is 0 Å². The van der Waals surface area contributed by atoms with Gasteiger partial charge in [-0.25, -0.2) is 0 Å². The van der Waals surface area contributed by atoms with Gasteiger partial charge in [0.05, 0.1) is 7.82 Å². The molecule has 33 valence electrons. The molecule has 0 aliphatic heterocycles. The van der Waals surface area contributed by atoms with Crippen LogP contribution in [0, 0.1) is 0 Å². The van der Waals surface area contributed by atoms with Gasteiger partial charge in [-0.3, -0.25) is 0 Å². The molecule has 0 aromatic carbocycles. The summed E-state index contributed by atoms with van der Waals surface area (Å²) in [5.74, 6) is 0. The molecule has 1 N–H and O–H groups in total. The van der Waals surface area contributed by atoms with Gasteiger partial charge in [-0.1, -0.05) is 0 Å². The van der Waals surface area contributed by atoms with Crippen molar-refractivity contribution in [3.05, 3.63) is 0 Å². The Bertz CT molecular complexity index is 57.8. The van der Waals surface area contributed by atoms with E-state index in [-0.39, 0.29) is 57.2 Å². The first-order valence-electron chi connectivity index (χ1n) is 0.748. The summed E-state index contributed by atoms with van der Waals surface area (Å²) in [5.41, 5.74) is 0. The van der Waals surface area contributed by atoms with Crippen LogP contribution in [0.15, 0.2) is 0 Å². The first-order chi connectivity index (χ1) is 2.00. The SMILES string of the molecule is O=P([O-])([O-])O.[Hg+].[Na+]. The van der Waals surface area contributed by atoms with Gasteiger partial charge in [0.1, 0.15) is 0 Å². The van der Waals surface area contributed by atoms with Crippen molar-refractivity contribution < 1.29 is 76.5 Å². The fourth-order valence-electron chi connectivity index (χ4n) is 0. The molecule has 0 spiro atoms. The van der Waals surface area contributed by atoms with Crippen molar-refractivity contribution in [3.8, 4) is 0 Å². The molecule has 7 heteroatoms. The van der Waals surface area contributed by atoms with Gasteiger partial charge in [-0.15, -0.1) is 0 Å². The van der Waals surface area contributed by atoms with E-state index in [0.717, 1.165) is 0 Å². The summed E-state index contributed by atoms with van der Waals surface area (Å²) < 4.78 is 8.66. The second-order valence-corrected chi connectivity index (χ2v) is 1.41.